The number of hydrogen-bond acceptors (Lipinski definition) is 3. The van der Waals surface area contributed by atoms with Crippen molar-refractivity contribution in [3.8, 4) is 11.5 Å². The van der Waals surface area contributed by atoms with Crippen molar-refractivity contribution in [2.75, 3.05) is 6.54 Å². The number of rotatable bonds is 1. The maximum absolute atomic E-state index is 12.8. The van der Waals surface area contributed by atoms with Crippen LogP contribution < -0.4 is 14.8 Å². The summed E-state index contributed by atoms with van der Waals surface area (Å²) >= 11 is 0. The third-order valence-corrected chi connectivity index (χ3v) is 2.89. The molecule has 5 heteroatoms. The standard InChI is InChI=1S/C11H11F2NO2/c12-11(13)15-9-4-3-7(6-10(9)16-11)8-2-1-5-14-8/h3-4,6,8,14H,1-2,5H2/t8-/m1/s1. The molecule has 86 valence electrons. The van der Waals surface area contributed by atoms with Gasteiger partial charge in [-0.25, -0.2) is 0 Å². The highest BCUT2D eigenvalue weighted by molar-refractivity contribution is 5.46. The largest absolute Gasteiger partial charge is 0.586 e. The predicted octanol–water partition coefficient (Wildman–Crippen LogP) is 2.43. The molecule has 2 aliphatic heterocycles. The lowest BCUT2D eigenvalue weighted by atomic mass is 10.1. The van der Waals surface area contributed by atoms with Crippen LogP contribution in [0, 0.1) is 0 Å². The fourth-order valence-electron chi connectivity index (χ4n) is 2.15. The van der Waals surface area contributed by atoms with Gasteiger partial charge in [-0.15, -0.1) is 8.78 Å². The van der Waals surface area contributed by atoms with Crippen molar-refractivity contribution in [3.05, 3.63) is 23.8 Å². The minimum Gasteiger partial charge on any atom is -0.395 e. The highest BCUT2D eigenvalue weighted by Gasteiger charge is 2.43. The van der Waals surface area contributed by atoms with Crippen molar-refractivity contribution < 1.29 is 18.3 Å². The van der Waals surface area contributed by atoms with Gasteiger partial charge in [-0.1, -0.05) is 6.07 Å². The second-order valence-corrected chi connectivity index (χ2v) is 4.02. The molecule has 0 amide bonds. The summed E-state index contributed by atoms with van der Waals surface area (Å²) < 4.78 is 34.3. The van der Waals surface area contributed by atoms with Crippen LogP contribution in [0.25, 0.3) is 0 Å². The Kier molecular flexibility index (Phi) is 2.04. The first-order valence-corrected chi connectivity index (χ1v) is 5.27. The van der Waals surface area contributed by atoms with E-state index in [1.807, 2.05) is 0 Å². The second kappa shape index (κ2) is 3.31. The molecule has 2 heterocycles. The summed E-state index contributed by atoms with van der Waals surface area (Å²) in [6.07, 6.45) is -1.39. The highest BCUT2D eigenvalue weighted by Crippen LogP contribution is 2.42. The average molecular weight is 227 g/mol. The van der Waals surface area contributed by atoms with E-state index >= 15 is 0 Å². The Bertz CT molecular complexity index is 416. The van der Waals surface area contributed by atoms with E-state index < -0.39 is 6.29 Å². The van der Waals surface area contributed by atoms with Crippen LogP contribution in [0.1, 0.15) is 24.4 Å². The van der Waals surface area contributed by atoms with E-state index in [0.29, 0.717) is 0 Å². The SMILES string of the molecule is FC1(F)Oc2ccc([C@H]3CCCN3)cc2O1. The minimum atomic E-state index is -3.52. The Labute approximate surface area is 91.4 Å². The molecule has 1 N–H and O–H groups in total. The zero-order valence-electron chi connectivity index (χ0n) is 8.50. The Morgan fingerprint density at radius 3 is 2.81 bits per heavy atom. The summed E-state index contributed by atoms with van der Waals surface area (Å²) in [4.78, 5) is 0. The smallest absolute Gasteiger partial charge is 0.395 e. The molecular weight excluding hydrogens is 216 g/mol. The summed E-state index contributed by atoms with van der Waals surface area (Å²) in [5.41, 5.74) is 0.970. The van der Waals surface area contributed by atoms with Crippen molar-refractivity contribution in [3.63, 3.8) is 0 Å². The molecule has 3 rings (SSSR count). The lowest BCUT2D eigenvalue weighted by molar-refractivity contribution is -0.286. The van der Waals surface area contributed by atoms with Gasteiger partial charge in [-0.05, 0) is 37.1 Å². The Hall–Kier alpha value is -1.36. The number of fused-ring (bicyclic) bond motifs is 1. The molecule has 0 unspecified atom stereocenters. The molecule has 16 heavy (non-hydrogen) atoms. The fraction of sp³-hybridized carbons (Fsp3) is 0.455. The molecule has 1 atom stereocenters. The van der Waals surface area contributed by atoms with Crippen LogP contribution in [-0.4, -0.2) is 12.8 Å². The summed E-state index contributed by atoms with van der Waals surface area (Å²) in [5, 5.41) is 3.30. The van der Waals surface area contributed by atoms with E-state index in [2.05, 4.69) is 14.8 Å². The van der Waals surface area contributed by atoms with Crippen molar-refractivity contribution in [2.24, 2.45) is 0 Å². The first kappa shape index (κ1) is 9.84. The maximum atomic E-state index is 12.8. The third kappa shape index (κ3) is 1.61. The Morgan fingerprint density at radius 1 is 1.25 bits per heavy atom. The van der Waals surface area contributed by atoms with Crippen molar-refractivity contribution in [1.29, 1.82) is 0 Å². The molecule has 0 aliphatic carbocycles. The Balaban J connectivity index is 1.89. The van der Waals surface area contributed by atoms with Crippen LogP contribution in [-0.2, 0) is 0 Å². The average Bonchev–Trinajstić information content (AvgIpc) is 2.80. The van der Waals surface area contributed by atoms with Gasteiger partial charge in [0.1, 0.15) is 0 Å². The van der Waals surface area contributed by atoms with Crippen LogP contribution in [0.15, 0.2) is 18.2 Å². The second-order valence-electron chi connectivity index (χ2n) is 4.02. The van der Waals surface area contributed by atoms with E-state index in [0.717, 1.165) is 24.9 Å². The van der Waals surface area contributed by atoms with Gasteiger partial charge in [0.15, 0.2) is 11.5 Å². The van der Waals surface area contributed by atoms with E-state index in [1.165, 1.54) is 6.07 Å². The van der Waals surface area contributed by atoms with Crippen LogP contribution in [0.4, 0.5) is 8.78 Å². The van der Waals surface area contributed by atoms with Gasteiger partial charge in [0.2, 0.25) is 0 Å². The molecule has 1 aromatic rings. The molecule has 0 aromatic heterocycles. The number of hydrogen-bond donors (Lipinski definition) is 1. The van der Waals surface area contributed by atoms with Gasteiger partial charge < -0.3 is 14.8 Å². The lowest BCUT2D eigenvalue weighted by Crippen LogP contribution is -2.25. The van der Waals surface area contributed by atoms with E-state index in [-0.39, 0.29) is 17.5 Å². The minimum absolute atomic E-state index is 0.103. The zero-order valence-corrected chi connectivity index (χ0v) is 8.50. The number of benzene rings is 1. The van der Waals surface area contributed by atoms with Gasteiger partial charge >= 0.3 is 6.29 Å². The highest BCUT2D eigenvalue weighted by atomic mass is 19.3. The molecule has 2 aliphatic rings. The molecule has 1 fully saturated rings. The predicted molar refractivity (Wildman–Crippen MR) is 52.6 cm³/mol. The summed E-state index contributed by atoms with van der Waals surface area (Å²) in [7, 11) is 0. The molecular formula is C11H11F2NO2. The normalized spacial score (nSPS) is 26.0. The van der Waals surface area contributed by atoms with Gasteiger partial charge in [-0.2, -0.15) is 0 Å². The van der Waals surface area contributed by atoms with Crippen LogP contribution >= 0.6 is 0 Å². The number of nitrogens with one attached hydrogen (secondary N) is 1. The van der Waals surface area contributed by atoms with Gasteiger partial charge in [-0.3, -0.25) is 0 Å². The number of halogens is 2. The fourth-order valence-corrected chi connectivity index (χ4v) is 2.15. The summed E-state index contributed by atoms with van der Waals surface area (Å²) in [6.45, 7) is 0.968. The monoisotopic (exact) mass is 227 g/mol. The first-order chi connectivity index (χ1) is 7.64. The molecule has 1 saturated heterocycles. The van der Waals surface area contributed by atoms with Crippen LogP contribution in [0.2, 0.25) is 0 Å². The summed E-state index contributed by atoms with van der Waals surface area (Å²) in [6, 6.07) is 5.19. The zero-order chi connectivity index (χ0) is 11.2. The van der Waals surface area contributed by atoms with E-state index in [9.17, 15) is 8.78 Å². The topological polar surface area (TPSA) is 30.5 Å². The van der Waals surface area contributed by atoms with Crippen molar-refractivity contribution in [1.82, 2.24) is 5.32 Å². The molecule has 0 radical (unpaired) electrons. The third-order valence-electron chi connectivity index (χ3n) is 2.89. The van der Waals surface area contributed by atoms with Gasteiger partial charge in [0, 0.05) is 6.04 Å². The molecule has 0 spiro atoms. The number of ether oxygens (including phenoxy) is 2. The van der Waals surface area contributed by atoms with E-state index in [1.54, 1.807) is 12.1 Å². The van der Waals surface area contributed by atoms with Crippen LogP contribution in [0.5, 0.6) is 11.5 Å². The van der Waals surface area contributed by atoms with Gasteiger partial charge in [0.25, 0.3) is 0 Å². The van der Waals surface area contributed by atoms with Crippen molar-refractivity contribution >= 4 is 0 Å². The molecule has 1 aromatic carbocycles. The molecule has 0 saturated carbocycles. The van der Waals surface area contributed by atoms with E-state index in [4.69, 9.17) is 0 Å². The number of alkyl halides is 2. The molecule has 3 nitrogen and oxygen atoms in total. The quantitative estimate of drug-likeness (QED) is 0.799. The maximum Gasteiger partial charge on any atom is 0.586 e. The molecule has 0 bridgehead atoms. The summed E-state index contributed by atoms with van der Waals surface area (Å²) in [5.74, 6) is 0.225. The van der Waals surface area contributed by atoms with Crippen molar-refractivity contribution in [2.45, 2.75) is 25.2 Å². The van der Waals surface area contributed by atoms with Crippen LogP contribution in [0.3, 0.4) is 0 Å². The Morgan fingerprint density at radius 2 is 2.06 bits per heavy atom. The lowest BCUT2D eigenvalue weighted by Gasteiger charge is -2.10. The van der Waals surface area contributed by atoms with Gasteiger partial charge in [0.05, 0.1) is 0 Å². The first-order valence-electron chi connectivity index (χ1n) is 5.27.